The molecule has 0 unspecified atom stereocenters. The highest BCUT2D eigenvalue weighted by atomic mass is 16.1. The lowest BCUT2D eigenvalue weighted by Gasteiger charge is -2.05. The van der Waals surface area contributed by atoms with Gasteiger partial charge in [-0.3, -0.25) is 4.79 Å². The standard InChI is InChI=1S/C13H17N5O/c1-2-3-8-14-13(19)9-11-4-6-12(7-5-11)18-10-15-16-17-18/h4-7,10H,2-3,8-9H2,1H3,(H,14,19). The molecule has 0 aliphatic rings. The SMILES string of the molecule is CCCCNC(=O)Cc1ccc(-n2cnnn2)cc1. The van der Waals surface area contributed by atoms with Gasteiger partial charge in [-0.2, -0.15) is 0 Å². The Morgan fingerprint density at radius 2 is 2.11 bits per heavy atom. The summed E-state index contributed by atoms with van der Waals surface area (Å²) >= 11 is 0. The molecule has 1 amide bonds. The number of unbranched alkanes of at least 4 members (excludes halogenated alkanes) is 1. The molecule has 1 aromatic carbocycles. The molecule has 0 aliphatic carbocycles. The Bertz CT molecular complexity index is 506. The minimum absolute atomic E-state index is 0.0589. The van der Waals surface area contributed by atoms with E-state index in [0.717, 1.165) is 30.6 Å². The molecule has 0 atom stereocenters. The van der Waals surface area contributed by atoms with Crippen LogP contribution in [0.2, 0.25) is 0 Å². The van der Waals surface area contributed by atoms with E-state index < -0.39 is 0 Å². The van der Waals surface area contributed by atoms with Crippen LogP contribution in [0.3, 0.4) is 0 Å². The number of carbonyl (C=O) groups is 1. The number of aromatic nitrogens is 4. The van der Waals surface area contributed by atoms with Gasteiger partial charge >= 0.3 is 0 Å². The fourth-order valence-electron chi connectivity index (χ4n) is 1.70. The molecular weight excluding hydrogens is 242 g/mol. The van der Waals surface area contributed by atoms with Gasteiger partial charge in [-0.25, -0.2) is 4.68 Å². The molecule has 6 nitrogen and oxygen atoms in total. The van der Waals surface area contributed by atoms with Crippen molar-refractivity contribution < 1.29 is 4.79 Å². The molecule has 19 heavy (non-hydrogen) atoms. The maximum Gasteiger partial charge on any atom is 0.224 e. The smallest absolute Gasteiger partial charge is 0.224 e. The van der Waals surface area contributed by atoms with Gasteiger partial charge in [0.1, 0.15) is 6.33 Å². The summed E-state index contributed by atoms with van der Waals surface area (Å²) in [6.45, 7) is 2.85. The average Bonchev–Trinajstić information content (AvgIpc) is 2.94. The fraction of sp³-hybridized carbons (Fsp3) is 0.385. The van der Waals surface area contributed by atoms with Crippen LogP contribution in [-0.2, 0) is 11.2 Å². The fourth-order valence-corrected chi connectivity index (χ4v) is 1.70. The van der Waals surface area contributed by atoms with Crippen molar-refractivity contribution in [2.45, 2.75) is 26.2 Å². The molecule has 0 saturated heterocycles. The summed E-state index contributed by atoms with van der Waals surface area (Å²) in [6, 6.07) is 7.61. The predicted octanol–water partition coefficient (Wildman–Crippen LogP) is 1.12. The summed E-state index contributed by atoms with van der Waals surface area (Å²) in [4.78, 5) is 11.7. The van der Waals surface area contributed by atoms with Crippen molar-refractivity contribution in [3.63, 3.8) is 0 Å². The van der Waals surface area contributed by atoms with Crippen molar-refractivity contribution in [2.75, 3.05) is 6.54 Å². The summed E-state index contributed by atoms with van der Waals surface area (Å²) in [6.07, 6.45) is 4.04. The van der Waals surface area contributed by atoms with Crippen LogP contribution in [-0.4, -0.2) is 32.7 Å². The molecule has 0 spiro atoms. The molecule has 0 aliphatic heterocycles. The molecule has 2 rings (SSSR count). The first-order chi connectivity index (χ1) is 9.29. The molecule has 0 fully saturated rings. The van der Waals surface area contributed by atoms with Crippen LogP contribution < -0.4 is 5.32 Å². The van der Waals surface area contributed by atoms with E-state index in [1.807, 2.05) is 24.3 Å². The van der Waals surface area contributed by atoms with E-state index in [2.05, 4.69) is 27.8 Å². The number of carbonyl (C=O) groups excluding carboxylic acids is 1. The van der Waals surface area contributed by atoms with Crippen LogP contribution in [0.15, 0.2) is 30.6 Å². The third kappa shape index (κ3) is 3.87. The number of amides is 1. The molecule has 100 valence electrons. The summed E-state index contributed by atoms with van der Waals surface area (Å²) < 4.78 is 1.57. The van der Waals surface area contributed by atoms with Crippen molar-refractivity contribution in [2.24, 2.45) is 0 Å². The van der Waals surface area contributed by atoms with Crippen molar-refractivity contribution in [3.05, 3.63) is 36.2 Å². The minimum atomic E-state index is 0.0589. The number of hydrogen-bond acceptors (Lipinski definition) is 4. The first-order valence-corrected chi connectivity index (χ1v) is 6.38. The second kappa shape index (κ2) is 6.63. The summed E-state index contributed by atoms with van der Waals surface area (Å²) in [5.74, 6) is 0.0589. The minimum Gasteiger partial charge on any atom is -0.356 e. The van der Waals surface area contributed by atoms with Crippen molar-refractivity contribution >= 4 is 5.91 Å². The average molecular weight is 259 g/mol. The highest BCUT2D eigenvalue weighted by Gasteiger charge is 2.03. The van der Waals surface area contributed by atoms with Crippen LogP contribution >= 0.6 is 0 Å². The Balaban J connectivity index is 1.90. The molecule has 1 aromatic heterocycles. The Hall–Kier alpha value is -2.24. The zero-order chi connectivity index (χ0) is 13.5. The van der Waals surface area contributed by atoms with Crippen LogP contribution in [0.5, 0.6) is 0 Å². The van der Waals surface area contributed by atoms with Crippen molar-refractivity contribution in [3.8, 4) is 5.69 Å². The van der Waals surface area contributed by atoms with E-state index in [-0.39, 0.29) is 5.91 Å². The van der Waals surface area contributed by atoms with Gasteiger partial charge in [0.15, 0.2) is 0 Å². The monoisotopic (exact) mass is 259 g/mol. The second-order valence-electron chi connectivity index (χ2n) is 4.30. The van der Waals surface area contributed by atoms with Crippen molar-refractivity contribution in [1.82, 2.24) is 25.5 Å². The van der Waals surface area contributed by atoms with Crippen LogP contribution in [0.25, 0.3) is 5.69 Å². The normalized spacial score (nSPS) is 10.4. The van der Waals surface area contributed by atoms with E-state index in [1.165, 1.54) is 6.33 Å². The molecule has 1 N–H and O–H groups in total. The van der Waals surface area contributed by atoms with Crippen LogP contribution in [0.4, 0.5) is 0 Å². The van der Waals surface area contributed by atoms with E-state index in [0.29, 0.717) is 6.42 Å². The van der Waals surface area contributed by atoms with Gasteiger partial charge < -0.3 is 5.32 Å². The molecule has 0 radical (unpaired) electrons. The molecule has 0 bridgehead atoms. The van der Waals surface area contributed by atoms with Crippen molar-refractivity contribution in [1.29, 1.82) is 0 Å². The van der Waals surface area contributed by atoms with Gasteiger partial charge in [-0.15, -0.1) is 5.10 Å². The maximum atomic E-state index is 11.7. The highest BCUT2D eigenvalue weighted by Crippen LogP contribution is 2.08. The van der Waals surface area contributed by atoms with Gasteiger partial charge in [0.05, 0.1) is 12.1 Å². The third-order valence-electron chi connectivity index (χ3n) is 2.77. The first kappa shape index (κ1) is 13.2. The lowest BCUT2D eigenvalue weighted by Crippen LogP contribution is -2.25. The number of rotatable bonds is 6. The van der Waals surface area contributed by atoms with Crippen LogP contribution in [0.1, 0.15) is 25.3 Å². The Morgan fingerprint density at radius 1 is 1.32 bits per heavy atom. The predicted molar refractivity (Wildman–Crippen MR) is 70.8 cm³/mol. The zero-order valence-electron chi connectivity index (χ0n) is 10.9. The van der Waals surface area contributed by atoms with E-state index >= 15 is 0 Å². The molecule has 1 heterocycles. The first-order valence-electron chi connectivity index (χ1n) is 6.38. The van der Waals surface area contributed by atoms with Gasteiger partial charge in [0, 0.05) is 6.54 Å². The second-order valence-corrected chi connectivity index (χ2v) is 4.30. The largest absolute Gasteiger partial charge is 0.356 e. The Morgan fingerprint density at radius 3 is 2.74 bits per heavy atom. The van der Waals surface area contributed by atoms with Gasteiger partial charge in [0.2, 0.25) is 5.91 Å². The molecule has 6 heteroatoms. The van der Waals surface area contributed by atoms with E-state index in [4.69, 9.17) is 0 Å². The Kier molecular flexibility index (Phi) is 4.60. The summed E-state index contributed by atoms with van der Waals surface area (Å²) in [5.41, 5.74) is 1.85. The zero-order valence-corrected chi connectivity index (χ0v) is 10.9. The number of tetrazole rings is 1. The molecule has 2 aromatic rings. The summed E-state index contributed by atoms with van der Waals surface area (Å²) in [5, 5.41) is 13.9. The topological polar surface area (TPSA) is 72.7 Å². The van der Waals surface area contributed by atoms with Crippen LogP contribution in [0, 0.1) is 0 Å². The third-order valence-corrected chi connectivity index (χ3v) is 2.77. The molecular formula is C13H17N5O. The van der Waals surface area contributed by atoms with E-state index in [1.54, 1.807) is 4.68 Å². The molecule has 0 saturated carbocycles. The Labute approximate surface area is 111 Å². The number of nitrogens with one attached hydrogen (secondary N) is 1. The lowest BCUT2D eigenvalue weighted by atomic mass is 10.1. The number of hydrogen-bond donors (Lipinski definition) is 1. The maximum absolute atomic E-state index is 11.7. The highest BCUT2D eigenvalue weighted by molar-refractivity contribution is 5.78. The van der Waals surface area contributed by atoms with E-state index in [9.17, 15) is 4.79 Å². The summed E-state index contributed by atoms with van der Waals surface area (Å²) in [7, 11) is 0. The lowest BCUT2D eigenvalue weighted by molar-refractivity contribution is -0.120. The number of benzene rings is 1. The number of nitrogens with zero attached hydrogens (tertiary/aromatic N) is 4. The van der Waals surface area contributed by atoms with Gasteiger partial charge in [0.25, 0.3) is 0 Å². The van der Waals surface area contributed by atoms with Gasteiger partial charge in [-0.1, -0.05) is 25.5 Å². The quantitative estimate of drug-likeness (QED) is 0.789. The van der Waals surface area contributed by atoms with Gasteiger partial charge in [-0.05, 0) is 34.5 Å².